The van der Waals surface area contributed by atoms with Crippen LogP contribution in [-0.2, 0) is 9.59 Å². The van der Waals surface area contributed by atoms with Crippen molar-refractivity contribution in [1.82, 2.24) is 14.9 Å². The van der Waals surface area contributed by atoms with E-state index in [4.69, 9.17) is 4.74 Å². The monoisotopic (exact) mass is 311 g/mol. The van der Waals surface area contributed by atoms with Crippen LogP contribution in [0.15, 0.2) is 42.7 Å². The third-order valence-corrected chi connectivity index (χ3v) is 3.76. The zero-order chi connectivity index (χ0) is 16.4. The highest BCUT2D eigenvalue weighted by molar-refractivity contribution is 6.40. The summed E-state index contributed by atoms with van der Waals surface area (Å²) in [5.74, 6) is -0.422. The number of aromatic nitrogens is 2. The van der Waals surface area contributed by atoms with Gasteiger partial charge in [-0.05, 0) is 26.0 Å². The van der Waals surface area contributed by atoms with E-state index in [-0.39, 0.29) is 6.04 Å². The molecule has 0 aliphatic carbocycles. The Labute approximate surface area is 134 Å². The molecule has 0 spiro atoms. The maximum absolute atomic E-state index is 12.1. The summed E-state index contributed by atoms with van der Waals surface area (Å²) in [5.41, 5.74) is 0.493. The number of ether oxygens (including phenoxy) is 1. The molecule has 1 aliphatic heterocycles. The second-order valence-corrected chi connectivity index (χ2v) is 5.66. The summed E-state index contributed by atoms with van der Waals surface area (Å²) in [7, 11) is 0. The van der Waals surface area contributed by atoms with Gasteiger partial charge in [-0.25, -0.2) is 4.98 Å². The molecule has 2 aromatic rings. The normalized spacial score (nSPS) is 17.9. The summed E-state index contributed by atoms with van der Waals surface area (Å²) in [4.78, 5) is 34.0. The van der Waals surface area contributed by atoms with Crippen molar-refractivity contribution in [3.8, 4) is 11.6 Å². The van der Waals surface area contributed by atoms with Crippen molar-refractivity contribution in [2.45, 2.75) is 25.8 Å². The zero-order valence-electron chi connectivity index (χ0n) is 13.0. The number of hydrogen-bond donors (Lipinski definition) is 0. The highest BCUT2D eigenvalue weighted by Gasteiger charge is 2.41. The van der Waals surface area contributed by atoms with Gasteiger partial charge in [-0.2, -0.15) is 0 Å². The van der Waals surface area contributed by atoms with Gasteiger partial charge in [0.1, 0.15) is 5.75 Å². The molecule has 1 unspecified atom stereocenters. The van der Waals surface area contributed by atoms with Crippen LogP contribution in [0, 0.1) is 0 Å². The topological polar surface area (TPSA) is 72.4 Å². The average Bonchev–Trinajstić information content (AvgIpc) is 2.85. The molecular weight excluding hydrogens is 294 g/mol. The number of benzene rings is 1. The highest BCUT2D eigenvalue weighted by atomic mass is 16.5. The summed E-state index contributed by atoms with van der Waals surface area (Å²) in [6.07, 6.45) is 2.97. The van der Waals surface area contributed by atoms with E-state index < -0.39 is 17.6 Å². The van der Waals surface area contributed by atoms with E-state index in [2.05, 4.69) is 9.97 Å². The molecule has 6 heteroatoms. The molecule has 0 radical (unpaired) electrons. The number of carbonyl (C=O) groups excluding carboxylic acids is 2. The van der Waals surface area contributed by atoms with Gasteiger partial charge in [-0.15, -0.1) is 0 Å². The van der Waals surface area contributed by atoms with Gasteiger partial charge in [0.2, 0.25) is 11.7 Å². The Balaban J connectivity index is 1.75. The van der Waals surface area contributed by atoms with Gasteiger partial charge < -0.3 is 9.64 Å². The summed E-state index contributed by atoms with van der Waals surface area (Å²) in [6.45, 7) is 4.12. The van der Waals surface area contributed by atoms with Gasteiger partial charge in [0.15, 0.2) is 0 Å². The summed E-state index contributed by atoms with van der Waals surface area (Å²) in [5, 5.41) is 0. The number of rotatable bonds is 4. The maximum atomic E-state index is 12.1. The number of amides is 1. The number of ketones is 1. The Kier molecular flexibility index (Phi) is 4.06. The molecule has 1 aliphatic rings. The van der Waals surface area contributed by atoms with Crippen LogP contribution in [0.1, 0.15) is 25.5 Å². The van der Waals surface area contributed by atoms with Crippen molar-refractivity contribution in [2.24, 2.45) is 0 Å². The molecule has 0 saturated carbocycles. The van der Waals surface area contributed by atoms with E-state index in [0.717, 1.165) is 0 Å². The molecule has 0 N–H and O–H groups in total. The van der Waals surface area contributed by atoms with Gasteiger partial charge in [-0.1, -0.05) is 18.2 Å². The molecule has 3 rings (SSSR count). The molecule has 6 nitrogen and oxygen atoms in total. The van der Waals surface area contributed by atoms with Crippen LogP contribution in [-0.4, -0.2) is 39.1 Å². The minimum absolute atomic E-state index is 0.00917. The Morgan fingerprint density at radius 3 is 2.43 bits per heavy atom. The summed E-state index contributed by atoms with van der Waals surface area (Å²) >= 11 is 0. The van der Waals surface area contributed by atoms with E-state index in [1.807, 2.05) is 44.2 Å². The van der Waals surface area contributed by atoms with Crippen LogP contribution in [0.25, 0.3) is 0 Å². The lowest BCUT2D eigenvalue weighted by Gasteiger charge is -2.19. The molecule has 1 amide bonds. The fourth-order valence-corrected chi connectivity index (χ4v) is 2.49. The van der Waals surface area contributed by atoms with Crippen molar-refractivity contribution < 1.29 is 14.3 Å². The first-order valence-corrected chi connectivity index (χ1v) is 7.46. The van der Waals surface area contributed by atoms with Crippen LogP contribution >= 0.6 is 0 Å². The standard InChI is InChI=1S/C17H17N3O3/c1-11(2)20-10-13(16(21)17(20)22)14-8-19-15(9-18-14)23-12-6-4-3-5-7-12/h3-9,11,13H,10H2,1-2H3. The van der Waals surface area contributed by atoms with Crippen molar-refractivity contribution in [3.05, 3.63) is 48.4 Å². The second-order valence-electron chi connectivity index (χ2n) is 5.66. The van der Waals surface area contributed by atoms with E-state index in [9.17, 15) is 9.59 Å². The molecule has 1 aromatic carbocycles. The molecule has 1 saturated heterocycles. The van der Waals surface area contributed by atoms with Crippen LogP contribution in [0.4, 0.5) is 0 Å². The van der Waals surface area contributed by atoms with Gasteiger partial charge >= 0.3 is 0 Å². The number of para-hydroxylation sites is 1. The van der Waals surface area contributed by atoms with E-state index in [1.165, 1.54) is 12.4 Å². The first-order valence-electron chi connectivity index (χ1n) is 7.46. The Morgan fingerprint density at radius 1 is 1.13 bits per heavy atom. The number of hydrogen-bond acceptors (Lipinski definition) is 5. The molecule has 1 aromatic heterocycles. The maximum Gasteiger partial charge on any atom is 0.291 e. The fraction of sp³-hybridized carbons (Fsp3) is 0.294. The third kappa shape index (κ3) is 3.06. The van der Waals surface area contributed by atoms with Gasteiger partial charge in [0, 0.05) is 12.6 Å². The lowest BCUT2D eigenvalue weighted by Crippen LogP contribution is -2.33. The molecule has 2 heterocycles. The van der Waals surface area contributed by atoms with E-state index in [1.54, 1.807) is 4.90 Å². The molecule has 118 valence electrons. The predicted molar refractivity (Wildman–Crippen MR) is 83.1 cm³/mol. The van der Waals surface area contributed by atoms with Gasteiger partial charge in [0.25, 0.3) is 5.91 Å². The first-order chi connectivity index (χ1) is 11.1. The average molecular weight is 311 g/mol. The number of nitrogens with zero attached hydrogens (tertiary/aromatic N) is 3. The van der Waals surface area contributed by atoms with Crippen molar-refractivity contribution in [3.63, 3.8) is 0 Å². The summed E-state index contributed by atoms with van der Waals surface area (Å²) < 4.78 is 5.57. The molecule has 1 atom stereocenters. The highest BCUT2D eigenvalue weighted by Crippen LogP contribution is 2.26. The Bertz CT molecular complexity index is 714. The predicted octanol–water partition coefficient (Wildman–Crippen LogP) is 2.17. The zero-order valence-corrected chi connectivity index (χ0v) is 13.0. The largest absolute Gasteiger partial charge is 0.438 e. The number of likely N-dealkylation sites (tertiary alicyclic amines) is 1. The van der Waals surface area contributed by atoms with Gasteiger partial charge in [-0.3, -0.25) is 14.6 Å². The SMILES string of the molecule is CC(C)N1CC(c2cnc(Oc3ccccc3)cn2)C(=O)C1=O. The minimum Gasteiger partial charge on any atom is -0.438 e. The lowest BCUT2D eigenvalue weighted by molar-refractivity contribution is -0.141. The Morgan fingerprint density at radius 2 is 1.87 bits per heavy atom. The van der Waals surface area contributed by atoms with E-state index in [0.29, 0.717) is 23.9 Å². The van der Waals surface area contributed by atoms with E-state index >= 15 is 0 Å². The molecular formula is C17H17N3O3. The van der Waals surface area contributed by atoms with Crippen molar-refractivity contribution in [2.75, 3.05) is 6.54 Å². The van der Waals surface area contributed by atoms with Crippen LogP contribution in [0.2, 0.25) is 0 Å². The minimum atomic E-state index is -0.553. The fourth-order valence-electron chi connectivity index (χ4n) is 2.49. The third-order valence-electron chi connectivity index (χ3n) is 3.76. The smallest absolute Gasteiger partial charge is 0.291 e. The van der Waals surface area contributed by atoms with Crippen LogP contribution in [0.5, 0.6) is 11.6 Å². The second kappa shape index (κ2) is 6.16. The molecule has 0 bridgehead atoms. The lowest BCUT2D eigenvalue weighted by atomic mass is 10.0. The first kappa shape index (κ1) is 15.1. The van der Waals surface area contributed by atoms with Crippen LogP contribution in [0.3, 0.4) is 0 Å². The number of Topliss-reactive ketones (excluding diaryl/α,β-unsaturated/α-hetero) is 1. The van der Waals surface area contributed by atoms with Crippen molar-refractivity contribution >= 4 is 11.7 Å². The van der Waals surface area contributed by atoms with Crippen molar-refractivity contribution in [1.29, 1.82) is 0 Å². The Hall–Kier alpha value is -2.76. The van der Waals surface area contributed by atoms with Gasteiger partial charge in [0.05, 0.1) is 24.0 Å². The quantitative estimate of drug-likeness (QED) is 0.809. The molecule has 1 fully saturated rings. The summed E-state index contributed by atoms with van der Waals surface area (Å²) in [6, 6.07) is 9.24. The molecule has 23 heavy (non-hydrogen) atoms. The van der Waals surface area contributed by atoms with Crippen LogP contribution < -0.4 is 4.74 Å². The number of carbonyl (C=O) groups is 2.